The second-order valence-electron chi connectivity index (χ2n) is 5.42. The number of ether oxygens (including phenoxy) is 1. The average molecular weight is 279 g/mol. The normalized spacial score (nSPS) is 24.4. The summed E-state index contributed by atoms with van der Waals surface area (Å²) in [5.41, 5.74) is 6.96. The Hall–Kier alpha value is -1.17. The topological polar surface area (TPSA) is 80.4 Å². The molecule has 1 aliphatic rings. The van der Waals surface area contributed by atoms with Crippen molar-refractivity contribution >= 4 is 0 Å². The molecule has 1 fully saturated rings. The van der Waals surface area contributed by atoms with Gasteiger partial charge in [-0.05, 0) is 24.3 Å². The highest BCUT2D eigenvalue weighted by atomic mass is 16.5. The van der Waals surface area contributed by atoms with Crippen LogP contribution in [0.3, 0.4) is 0 Å². The quantitative estimate of drug-likeness (QED) is 0.730. The molecule has 1 heterocycles. The van der Waals surface area contributed by atoms with Gasteiger partial charge < -0.3 is 20.9 Å². The first-order valence-electron chi connectivity index (χ1n) is 7.35. The molecule has 3 atom stereocenters. The minimum absolute atomic E-state index is 0.0746. The van der Waals surface area contributed by atoms with Gasteiger partial charge in [-0.3, -0.25) is 0 Å². The third-order valence-corrected chi connectivity index (χ3v) is 4.17. The van der Waals surface area contributed by atoms with Gasteiger partial charge in [0.25, 0.3) is 0 Å². The summed E-state index contributed by atoms with van der Waals surface area (Å²) in [6.45, 7) is 0.762. The lowest BCUT2D eigenvalue weighted by Gasteiger charge is -2.34. The van der Waals surface area contributed by atoms with Crippen LogP contribution < -0.4 is 15.8 Å². The molecule has 3 unspecified atom stereocenters. The summed E-state index contributed by atoms with van der Waals surface area (Å²) in [7, 11) is 1.61. The summed E-state index contributed by atoms with van der Waals surface area (Å²) in [5, 5.41) is 13.1. The maximum Gasteiger partial charge on any atom is 0.212 e. The zero-order valence-corrected chi connectivity index (χ0v) is 12.1. The summed E-state index contributed by atoms with van der Waals surface area (Å²) >= 11 is 0. The minimum Gasteiger partial charge on any atom is -0.481 e. The molecule has 0 aromatic carbocycles. The van der Waals surface area contributed by atoms with Gasteiger partial charge >= 0.3 is 0 Å². The number of hydrogen-bond donors (Lipinski definition) is 3. The van der Waals surface area contributed by atoms with Crippen LogP contribution in [0.15, 0.2) is 18.3 Å². The first kappa shape index (κ1) is 15.2. The van der Waals surface area contributed by atoms with E-state index in [1.807, 2.05) is 12.1 Å². The molecule has 4 N–H and O–H groups in total. The Kier molecular flexibility index (Phi) is 5.76. The van der Waals surface area contributed by atoms with E-state index < -0.39 is 0 Å². The maximum atomic E-state index is 9.49. The predicted molar refractivity (Wildman–Crippen MR) is 78.6 cm³/mol. The lowest BCUT2D eigenvalue weighted by molar-refractivity contribution is 0.146. The highest BCUT2D eigenvalue weighted by Gasteiger charge is 2.26. The summed E-state index contributed by atoms with van der Waals surface area (Å²) in [5.74, 6) is 0.944. The van der Waals surface area contributed by atoms with Gasteiger partial charge in [-0.1, -0.05) is 18.9 Å². The van der Waals surface area contributed by atoms with E-state index in [0.29, 0.717) is 24.4 Å². The standard InChI is InChI=1S/C15H25N3O2/c1-20-15-7-6-11(9-17-15)14(8-16)18-13-5-3-2-4-12(13)10-19/h6-7,9,12-14,18-19H,2-5,8,10,16H2,1H3. The fourth-order valence-electron chi connectivity index (χ4n) is 2.92. The number of methoxy groups -OCH3 is 1. The fourth-order valence-corrected chi connectivity index (χ4v) is 2.92. The van der Waals surface area contributed by atoms with Gasteiger partial charge in [-0.2, -0.15) is 0 Å². The Morgan fingerprint density at radius 3 is 2.85 bits per heavy atom. The van der Waals surface area contributed by atoms with Gasteiger partial charge in [0.2, 0.25) is 5.88 Å². The summed E-state index contributed by atoms with van der Waals surface area (Å²) < 4.78 is 5.07. The molecule has 1 aromatic heterocycles. The van der Waals surface area contributed by atoms with Crippen LogP contribution >= 0.6 is 0 Å². The first-order chi connectivity index (χ1) is 9.78. The van der Waals surface area contributed by atoms with E-state index in [9.17, 15) is 5.11 Å². The number of aromatic nitrogens is 1. The lowest BCUT2D eigenvalue weighted by atomic mass is 9.84. The fraction of sp³-hybridized carbons (Fsp3) is 0.667. The molecule has 0 radical (unpaired) electrons. The Balaban J connectivity index is 2.03. The monoisotopic (exact) mass is 279 g/mol. The van der Waals surface area contributed by atoms with Crippen LogP contribution in [-0.2, 0) is 0 Å². The van der Waals surface area contributed by atoms with E-state index in [4.69, 9.17) is 10.5 Å². The Labute approximate surface area is 120 Å². The second-order valence-corrected chi connectivity index (χ2v) is 5.42. The molecule has 0 amide bonds. The summed E-state index contributed by atoms with van der Waals surface area (Å²) in [4.78, 5) is 4.23. The van der Waals surface area contributed by atoms with Gasteiger partial charge in [0, 0.05) is 37.5 Å². The molecule has 1 saturated carbocycles. The third-order valence-electron chi connectivity index (χ3n) is 4.17. The number of pyridine rings is 1. The van der Waals surface area contributed by atoms with Crippen LogP contribution in [0.4, 0.5) is 0 Å². The van der Waals surface area contributed by atoms with Crippen molar-refractivity contribution in [3.8, 4) is 5.88 Å². The average Bonchev–Trinajstić information content (AvgIpc) is 2.53. The van der Waals surface area contributed by atoms with E-state index >= 15 is 0 Å². The molecule has 0 aliphatic heterocycles. The largest absolute Gasteiger partial charge is 0.481 e. The van der Waals surface area contributed by atoms with Crippen molar-refractivity contribution in [2.75, 3.05) is 20.3 Å². The van der Waals surface area contributed by atoms with Gasteiger partial charge in [-0.25, -0.2) is 4.98 Å². The molecule has 0 spiro atoms. The van der Waals surface area contributed by atoms with Crippen LogP contribution in [0.5, 0.6) is 5.88 Å². The summed E-state index contributed by atoms with van der Waals surface area (Å²) in [6.07, 6.45) is 6.42. The van der Waals surface area contributed by atoms with Gasteiger partial charge in [0.1, 0.15) is 0 Å². The molecule has 2 rings (SSSR count). The van der Waals surface area contributed by atoms with Crippen LogP contribution in [0.25, 0.3) is 0 Å². The van der Waals surface area contributed by atoms with Crippen molar-refractivity contribution < 1.29 is 9.84 Å². The van der Waals surface area contributed by atoms with Gasteiger partial charge in [0.15, 0.2) is 0 Å². The highest BCUT2D eigenvalue weighted by Crippen LogP contribution is 2.26. The molecular formula is C15H25N3O2. The van der Waals surface area contributed by atoms with Crippen molar-refractivity contribution in [2.45, 2.75) is 37.8 Å². The van der Waals surface area contributed by atoms with Gasteiger partial charge in [0.05, 0.1) is 7.11 Å². The van der Waals surface area contributed by atoms with E-state index in [1.165, 1.54) is 12.8 Å². The zero-order valence-electron chi connectivity index (χ0n) is 12.1. The Morgan fingerprint density at radius 2 is 2.25 bits per heavy atom. The van der Waals surface area contributed by atoms with Crippen LogP contribution in [0.2, 0.25) is 0 Å². The number of aliphatic hydroxyl groups is 1. The number of nitrogens with two attached hydrogens (primary N) is 1. The zero-order chi connectivity index (χ0) is 14.4. The van der Waals surface area contributed by atoms with Crippen molar-refractivity contribution in [3.05, 3.63) is 23.9 Å². The third kappa shape index (κ3) is 3.69. The number of rotatable bonds is 6. The van der Waals surface area contributed by atoms with Crippen molar-refractivity contribution in [1.82, 2.24) is 10.3 Å². The SMILES string of the molecule is COc1ccc(C(CN)NC2CCCCC2CO)cn1. The number of nitrogens with one attached hydrogen (secondary N) is 1. The summed E-state index contributed by atoms with van der Waals surface area (Å²) in [6, 6.07) is 4.26. The van der Waals surface area contributed by atoms with E-state index in [-0.39, 0.29) is 12.6 Å². The van der Waals surface area contributed by atoms with Crippen molar-refractivity contribution in [3.63, 3.8) is 0 Å². The smallest absolute Gasteiger partial charge is 0.212 e. The van der Waals surface area contributed by atoms with Crippen LogP contribution in [0, 0.1) is 5.92 Å². The molecule has 5 nitrogen and oxygen atoms in total. The van der Waals surface area contributed by atoms with Gasteiger partial charge in [-0.15, -0.1) is 0 Å². The molecule has 5 heteroatoms. The van der Waals surface area contributed by atoms with Crippen molar-refractivity contribution in [1.29, 1.82) is 0 Å². The molecule has 20 heavy (non-hydrogen) atoms. The second kappa shape index (κ2) is 7.57. The molecule has 0 bridgehead atoms. The predicted octanol–water partition coefficient (Wildman–Crippen LogP) is 1.23. The first-order valence-corrected chi connectivity index (χ1v) is 7.35. The number of nitrogens with zero attached hydrogens (tertiary/aromatic N) is 1. The number of aliphatic hydroxyl groups excluding tert-OH is 1. The van der Waals surface area contributed by atoms with E-state index in [2.05, 4.69) is 10.3 Å². The van der Waals surface area contributed by atoms with Crippen LogP contribution in [0.1, 0.15) is 37.3 Å². The Morgan fingerprint density at radius 1 is 1.45 bits per heavy atom. The van der Waals surface area contributed by atoms with E-state index in [1.54, 1.807) is 13.3 Å². The Bertz CT molecular complexity index is 397. The molecule has 112 valence electrons. The maximum absolute atomic E-state index is 9.49. The highest BCUT2D eigenvalue weighted by molar-refractivity contribution is 5.21. The van der Waals surface area contributed by atoms with E-state index in [0.717, 1.165) is 18.4 Å². The molecule has 1 aromatic rings. The minimum atomic E-state index is 0.0746. The number of hydrogen-bond acceptors (Lipinski definition) is 5. The lowest BCUT2D eigenvalue weighted by Crippen LogP contribution is -2.44. The molecule has 1 aliphatic carbocycles. The molecular weight excluding hydrogens is 254 g/mol. The molecule has 0 saturated heterocycles. The van der Waals surface area contributed by atoms with Crippen LogP contribution in [-0.4, -0.2) is 36.4 Å². The van der Waals surface area contributed by atoms with Crippen molar-refractivity contribution in [2.24, 2.45) is 11.7 Å².